The molecule has 1 aromatic rings. The van der Waals surface area contributed by atoms with Gasteiger partial charge in [-0.2, -0.15) is 0 Å². The molecule has 11 heavy (non-hydrogen) atoms. The van der Waals surface area contributed by atoms with Crippen LogP contribution in [0.25, 0.3) is 0 Å². The molecule has 0 saturated heterocycles. The van der Waals surface area contributed by atoms with Gasteiger partial charge in [0.15, 0.2) is 0 Å². The van der Waals surface area contributed by atoms with Gasteiger partial charge in [-0.3, -0.25) is 0 Å². The minimum absolute atomic E-state index is 0.677. The molecule has 0 aliphatic rings. The van der Waals surface area contributed by atoms with Gasteiger partial charge in [-0.15, -0.1) is 0 Å². The standard InChI is InChI=1S/C9H17N2/c1-4-9(5-2)11-7-6-10(3)8-11/h6-9H,4-5H2,1-3H3/q+1. The van der Waals surface area contributed by atoms with E-state index in [4.69, 9.17) is 0 Å². The van der Waals surface area contributed by atoms with E-state index in [0.29, 0.717) is 6.04 Å². The Balaban J connectivity index is 2.73. The summed E-state index contributed by atoms with van der Waals surface area (Å²) in [6, 6.07) is 0.677. The maximum Gasteiger partial charge on any atom is 0.243 e. The topological polar surface area (TPSA) is 8.81 Å². The van der Waals surface area contributed by atoms with Crippen LogP contribution in [0.2, 0.25) is 0 Å². The predicted octanol–water partition coefficient (Wildman–Crippen LogP) is 1.67. The average Bonchev–Trinajstić information content (AvgIpc) is 2.39. The van der Waals surface area contributed by atoms with E-state index in [-0.39, 0.29) is 0 Å². The first-order valence-electron chi connectivity index (χ1n) is 4.30. The van der Waals surface area contributed by atoms with Crippen LogP contribution < -0.4 is 4.57 Å². The number of aryl methyl sites for hydroxylation is 1. The Morgan fingerprint density at radius 3 is 2.36 bits per heavy atom. The Bertz CT molecular complexity index is 211. The van der Waals surface area contributed by atoms with Gasteiger partial charge in [0.25, 0.3) is 0 Å². The van der Waals surface area contributed by atoms with Gasteiger partial charge in [-0.25, -0.2) is 9.13 Å². The first kappa shape index (κ1) is 8.31. The lowest BCUT2D eigenvalue weighted by molar-refractivity contribution is -0.671. The summed E-state index contributed by atoms with van der Waals surface area (Å²) in [6.45, 7) is 4.46. The van der Waals surface area contributed by atoms with E-state index in [0.717, 1.165) is 0 Å². The molecule has 0 bridgehead atoms. The van der Waals surface area contributed by atoms with Crippen molar-refractivity contribution in [3.8, 4) is 0 Å². The maximum atomic E-state index is 2.28. The number of nitrogens with zero attached hydrogens (tertiary/aromatic N) is 2. The fourth-order valence-corrected chi connectivity index (χ4v) is 1.40. The van der Waals surface area contributed by atoms with Crippen molar-refractivity contribution in [1.29, 1.82) is 0 Å². The van der Waals surface area contributed by atoms with Gasteiger partial charge in [-0.05, 0) is 12.8 Å². The van der Waals surface area contributed by atoms with Gasteiger partial charge in [0.2, 0.25) is 6.33 Å². The third-order valence-electron chi connectivity index (χ3n) is 2.15. The molecule has 2 nitrogen and oxygen atoms in total. The minimum atomic E-state index is 0.677. The summed E-state index contributed by atoms with van der Waals surface area (Å²) in [5.41, 5.74) is 0. The third kappa shape index (κ3) is 1.82. The molecule has 62 valence electrons. The first-order chi connectivity index (χ1) is 5.27. The Hall–Kier alpha value is -0.790. The van der Waals surface area contributed by atoms with Gasteiger partial charge in [0.1, 0.15) is 12.4 Å². The molecule has 0 aliphatic carbocycles. The summed E-state index contributed by atoms with van der Waals surface area (Å²) in [5.74, 6) is 0. The van der Waals surface area contributed by atoms with Crippen LogP contribution in [0.4, 0.5) is 0 Å². The van der Waals surface area contributed by atoms with Crippen LogP contribution in [0.1, 0.15) is 32.7 Å². The first-order valence-corrected chi connectivity index (χ1v) is 4.30. The number of hydrogen-bond acceptors (Lipinski definition) is 0. The molecule has 0 aromatic carbocycles. The lowest BCUT2D eigenvalue weighted by Crippen LogP contribution is -2.24. The molecular weight excluding hydrogens is 136 g/mol. The monoisotopic (exact) mass is 153 g/mol. The quantitative estimate of drug-likeness (QED) is 0.584. The van der Waals surface area contributed by atoms with Crippen molar-refractivity contribution < 1.29 is 4.57 Å². The van der Waals surface area contributed by atoms with Crippen molar-refractivity contribution in [2.75, 3.05) is 0 Å². The Morgan fingerprint density at radius 1 is 1.36 bits per heavy atom. The van der Waals surface area contributed by atoms with Crippen molar-refractivity contribution in [2.45, 2.75) is 32.7 Å². The molecule has 0 radical (unpaired) electrons. The Morgan fingerprint density at radius 2 is 2.00 bits per heavy atom. The van der Waals surface area contributed by atoms with E-state index in [9.17, 15) is 0 Å². The van der Waals surface area contributed by atoms with Crippen LogP contribution in [0.3, 0.4) is 0 Å². The number of hydrogen-bond donors (Lipinski definition) is 0. The highest BCUT2D eigenvalue weighted by atomic mass is 15.1. The highest BCUT2D eigenvalue weighted by molar-refractivity contribution is 4.73. The van der Waals surface area contributed by atoms with E-state index >= 15 is 0 Å². The molecule has 0 fully saturated rings. The van der Waals surface area contributed by atoms with E-state index in [1.54, 1.807) is 0 Å². The predicted molar refractivity (Wildman–Crippen MR) is 45.2 cm³/mol. The normalized spacial score (nSPS) is 10.9. The van der Waals surface area contributed by atoms with Gasteiger partial charge in [-0.1, -0.05) is 13.8 Å². The van der Waals surface area contributed by atoms with Gasteiger partial charge in [0.05, 0.1) is 13.1 Å². The summed E-state index contributed by atoms with van der Waals surface area (Å²) < 4.78 is 4.36. The largest absolute Gasteiger partial charge is 0.243 e. The minimum Gasteiger partial charge on any atom is -0.240 e. The van der Waals surface area contributed by atoms with Crippen molar-refractivity contribution in [3.63, 3.8) is 0 Å². The molecule has 1 aromatic heterocycles. The second-order valence-corrected chi connectivity index (χ2v) is 3.00. The molecule has 0 saturated carbocycles. The summed E-state index contributed by atoms with van der Waals surface area (Å²) in [5, 5.41) is 0. The summed E-state index contributed by atoms with van der Waals surface area (Å²) in [6.07, 6.45) is 8.78. The third-order valence-corrected chi connectivity index (χ3v) is 2.15. The van der Waals surface area contributed by atoms with Crippen LogP contribution in [0.5, 0.6) is 0 Å². The van der Waals surface area contributed by atoms with Crippen molar-refractivity contribution >= 4 is 0 Å². The van der Waals surface area contributed by atoms with Crippen molar-refractivity contribution in [3.05, 3.63) is 18.7 Å². The van der Waals surface area contributed by atoms with E-state index in [2.05, 4.69) is 48.8 Å². The zero-order chi connectivity index (χ0) is 8.27. The molecule has 0 spiro atoms. The van der Waals surface area contributed by atoms with Gasteiger partial charge in [0, 0.05) is 0 Å². The van der Waals surface area contributed by atoms with E-state index in [1.807, 2.05) is 0 Å². The van der Waals surface area contributed by atoms with Crippen molar-refractivity contribution in [1.82, 2.24) is 4.57 Å². The highest BCUT2D eigenvalue weighted by Gasteiger charge is 2.10. The lowest BCUT2D eigenvalue weighted by atomic mass is 10.2. The molecule has 0 N–H and O–H groups in total. The second-order valence-electron chi connectivity index (χ2n) is 3.00. The molecule has 0 unspecified atom stereocenters. The fraction of sp³-hybridized carbons (Fsp3) is 0.667. The molecular formula is C9H17N2+. The summed E-state index contributed by atoms with van der Waals surface area (Å²) in [4.78, 5) is 0. The molecule has 1 rings (SSSR count). The number of imidazole rings is 1. The second kappa shape index (κ2) is 3.56. The Kier molecular flexibility index (Phi) is 2.69. The summed E-state index contributed by atoms with van der Waals surface area (Å²) >= 11 is 0. The molecule has 0 aliphatic heterocycles. The van der Waals surface area contributed by atoms with Crippen LogP contribution in [0.15, 0.2) is 18.7 Å². The molecule has 1 heterocycles. The molecule has 0 atom stereocenters. The van der Waals surface area contributed by atoms with E-state index < -0.39 is 0 Å². The molecule has 0 amide bonds. The summed E-state index contributed by atoms with van der Waals surface area (Å²) in [7, 11) is 2.05. The Labute approximate surface area is 68.5 Å². The van der Waals surface area contributed by atoms with Crippen molar-refractivity contribution in [2.24, 2.45) is 7.05 Å². The molecule has 2 heteroatoms. The smallest absolute Gasteiger partial charge is 0.240 e. The van der Waals surface area contributed by atoms with Crippen LogP contribution in [-0.2, 0) is 7.05 Å². The highest BCUT2D eigenvalue weighted by Crippen LogP contribution is 2.12. The number of aromatic nitrogens is 2. The lowest BCUT2D eigenvalue weighted by Gasteiger charge is -2.06. The van der Waals surface area contributed by atoms with Gasteiger partial charge >= 0.3 is 0 Å². The average molecular weight is 153 g/mol. The zero-order valence-corrected chi connectivity index (χ0v) is 7.62. The van der Waals surface area contributed by atoms with Crippen LogP contribution >= 0.6 is 0 Å². The van der Waals surface area contributed by atoms with Crippen LogP contribution in [-0.4, -0.2) is 4.57 Å². The van der Waals surface area contributed by atoms with E-state index in [1.165, 1.54) is 12.8 Å². The zero-order valence-electron chi connectivity index (χ0n) is 7.62. The maximum absolute atomic E-state index is 2.28. The fourth-order valence-electron chi connectivity index (χ4n) is 1.40. The van der Waals surface area contributed by atoms with Crippen LogP contribution in [0, 0.1) is 0 Å². The number of rotatable bonds is 3. The SMILES string of the molecule is CCC(CC)n1cc[n+](C)c1. The van der Waals surface area contributed by atoms with Gasteiger partial charge < -0.3 is 0 Å².